The average molecular weight is 243 g/mol. The number of carboxylic acid groups (broad SMARTS) is 1. The molecule has 0 spiro atoms. The number of aromatic amines is 1. The average Bonchev–Trinajstić information content (AvgIpc) is 2.83. The second-order valence-corrected chi connectivity index (χ2v) is 4.46. The van der Waals surface area contributed by atoms with E-state index in [-0.39, 0.29) is 0 Å². The Hall–Kier alpha value is -2.17. The third kappa shape index (κ3) is 1.68. The number of H-pyrrole nitrogens is 1. The maximum absolute atomic E-state index is 11.3. The molecule has 0 unspecified atom stereocenters. The largest absolute Gasteiger partial charge is 0.481 e. The normalized spacial score (nSPS) is 18.3. The first-order chi connectivity index (χ1) is 8.77. The first-order valence-electron chi connectivity index (χ1n) is 5.98. The fourth-order valence-corrected chi connectivity index (χ4v) is 2.53. The molecule has 0 aromatic carbocycles. The predicted molar refractivity (Wildman–Crippen MR) is 65.1 cm³/mol. The van der Waals surface area contributed by atoms with Crippen molar-refractivity contribution in [3.8, 4) is 11.4 Å². The number of carbonyl (C=O) groups is 1. The first-order valence-corrected chi connectivity index (χ1v) is 5.98. The van der Waals surface area contributed by atoms with Crippen LogP contribution in [0.3, 0.4) is 0 Å². The van der Waals surface area contributed by atoms with Crippen LogP contribution in [0, 0.1) is 0 Å². The van der Waals surface area contributed by atoms with E-state index in [9.17, 15) is 9.90 Å². The summed E-state index contributed by atoms with van der Waals surface area (Å²) < 4.78 is 0. The topological polar surface area (TPSA) is 78.9 Å². The Morgan fingerprint density at radius 2 is 2.33 bits per heavy atom. The lowest BCUT2D eigenvalue weighted by Gasteiger charge is -2.19. The van der Waals surface area contributed by atoms with Crippen molar-refractivity contribution < 1.29 is 9.90 Å². The molecule has 0 bridgehead atoms. The number of fused-ring (bicyclic) bond motifs is 1. The van der Waals surface area contributed by atoms with Crippen LogP contribution in [-0.4, -0.2) is 26.3 Å². The molecule has 2 N–H and O–H groups in total. The summed E-state index contributed by atoms with van der Waals surface area (Å²) in [5.74, 6) is -1.25. The second kappa shape index (κ2) is 4.25. The molecule has 0 amide bonds. The Morgan fingerprint density at radius 3 is 3.06 bits per heavy atom. The van der Waals surface area contributed by atoms with Crippen LogP contribution in [0.1, 0.15) is 30.0 Å². The fraction of sp³-hybridized carbons (Fsp3) is 0.308. The molecule has 5 heteroatoms. The molecule has 92 valence electrons. The molecule has 0 aliphatic heterocycles. The number of nitrogens with one attached hydrogen (secondary N) is 1. The summed E-state index contributed by atoms with van der Waals surface area (Å²) in [6.45, 7) is 0. The Morgan fingerprint density at radius 1 is 1.44 bits per heavy atom. The standard InChI is InChI=1S/C13H13N3O2/c17-13(18)8-4-3-6-9-11(8)12(16-15-9)10-5-1-2-7-14-10/h1-2,5,7-8H,3-4,6H2,(H,15,16)(H,17,18)/t8-/m0/s1. The van der Waals surface area contributed by atoms with Crippen LogP contribution in [0.4, 0.5) is 0 Å². The molecule has 1 aliphatic carbocycles. The van der Waals surface area contributed by atoms with Gasteiger partial charge in [0.25, 0.3) is 0 Å². The summed E-state index contributed by atoms with van der Waals surface area (Å²) in [4.78, 5) is 15.6. The van der Waals surface area contributed by atoms with Crippen molar-refractivity contribution in [1.29, 1.82) is 0 Å². The highest BCUT2D eigenvalue weighted by Gasteiger charge is 2.31. The van der Waals surface area contributed by atoms with E-state index in [1.807, 2.05) is 18.2 Å². The van der Waals surface area contributed by atoms with Crippen molar-refractivity contribution in [2.75, 3.05) is 0 Å². The lowest BCUT2D eigenvalue weighted by atomic mass is 9.85. The number of carboxylic acids is 1. The Labute approximate surface area is 104 Å². The smallest absolute Gasteiger partial charge is 0.311 e. The molecular formula is C13H13N3O2. The van der Waals surface area contributed by atoms with E-state index in [1.54, 1.807) is 6.20 Å². The number of pyridine rings is 1. The third-order valence-corrected chi connectivity index (χ3v) is 3.36. The van der Waals surface area contributed by atoms with Gasteiger partial charge in [0.1, 0.15) is 5.69 Å². The Bertz CT molecular complexity index is 577. The van der Waals surface area contributed by atoms with Crippen LogP contribution in [0.2, 0.25) is 0 Å². The highest BCUT2D eigenvalue weighted by Crippen LogP contribution is 2.36. The van der Waals surface area contributed by atoms with Gasteiger partial charge < -0.3 is 5.11 Å². The third-order valence-electron chi connectivity index (χ3n) is 3.36. The van der Waals surface area contributed by atoms with Crippen molar-refractivity contribution >= 4 is 5.97 Å². The van der Waals surface area contributed by atoms with Gasteiger partial charge in [-0.05, 0) is 31.4 Å². The molecule has 0 saturated heterocycles. The van der Waals surface area contributed by atoms with Crippen LogP contribution in [-0.2, 0) is 11.2 Å². The molecule has 0 fully saturated rings. The van der Waals surface area contributed by atoms with Gasteiger partial charge in [0.2, 0.25) is 0 Å². The van der Waals surface area contributed by atoms with E-state index in [0.29, 0.717) is 12.1 Å². The predicted octanol–water partition coefficient (Wildman–Crippen LogP) is 1.98. The van der Waals surface area contributed by atoms with E-state index >= 15 is 0 Å². The fourth-order valence-electron chi connectivity index (χ4n) is 2.53. The van der Waals surface area contributed by atoms with Gasteiger partial charge in [-0.25, -0.2) is 0 Å². The molecule has 2 heterocycles. The first kappa shape index (κ1) is 11.0. The zero-order valence-electron chi connectivity index (χ0n) is 9.76. The van der Waals surface area contributed by atoms with Crippen LogP contribution < -0.4 is 0 Å². The van der Waals surface area contributed by atoms with Gasteiger partial charge in [0.15, 0.2) is 0 Å². The molecule has 3 rings (SSSR count). The molecule has 1 atom stereocenters. The molecule has 0 saturated carbocycles. The molecular weight excluding hydrogens is 230 g/mol. The minimum atomic E-state index is -0.783. The number of nitrogens with zero attached hydrogens (tertiary/aromatic N) is 2. The summed E-state index contributed by atoms with van der Waals surface area (Å²) in [5.41, 5.74) is 3.16. The monoisotopic (exact) mass is 243 g/mol. The van der Waals surface area contributed by atoms with Crippen molar-refractivity contribution in [2.24, 2.45) is 0 Å². The Kier molecular flexibility index (Phi) is 2.59. The van der Waals surface area contributed by atoms with Gasteiger partial charge in [-0.3, -0.25) is 14.9 Å². The molecule has 2 aromatic heterocycles. The molecule has 5 nitrogen and oxygen atoms in total. The number of rotatable bonds is 2. The van der Waals surface area contributed by atoms with E-state index < -0.39 is 11.9 Å². The number of hydrogen-bond donors (Lipinski definition) is 2. The maximum atomic E-state index is 11.3. The van der Waals surface area contributed by atoms with Crippen LogP contribution in [0.5, 0.6) is 0 Å². The van der Waals surface area contributed by atoms with E-state index in [2.05, 4.69) is 15.2 Å². The maximum Gasteiger partial charge on any atom is 0.311 e. The van der Waals surface area contributed by atoms with Crippen molar-refractivity contribution in [3.05, 3.63) is 35.7 Å². The zero-order chi connectivity index (χ0) is 12.5. The number of aryl methyl sites for hydroxylation is 1. The molecule has 1 aliphatic rings. The van der Waals surface area contributed by atoms with E-state index in [4.69, 9.17) is 0 Å². The highest BCUT2D eigenvalue weighted by molar-refractivity contribution is 5.80. The van der Waals surface area contributed by atoms with E-state index in [1.165, 1.54) is 0 Å². The molecule has 18 heavy (non-hydrogen) atoms. The van der Waals surface area contributed by atoms with Gasteiger partial charge in [0.05, 0.1) is 11.6 Å². The number of aliphatic carboxylic acids is 1. The van der Waals surface area contributed by atoms with E-state index in [0.717, 1.165) is 29.8 Å². The highest BCUT2D eigenvalue weighted by atomic mass is 16.4. The number of hydrogen-bond acceptors (Lipinski definition) is 3. The van der Waals surface area contributed by atoms with Gasteiger partial charge >= 0.3 is 5.97 Å². The summed E-state index contributed by atoms with van der Waals surface area (Å²) >= 11 is 0. The minimum Gasteiger partial charge on any atom is -0.481 e. The van der Waals surface area contributed by atoms with Gasteiger partial charge in [-0.15, -0.1) is 0 Å². The Balaban J connectivity index is 2.13. The molecule has 2 aromatic rings. The summed E-state index contributed by atoms with van der Waals surface area (Å²) in [7, 11) is 0. The van der Waals surface area contributed by atoms with Crippen LogP contribution in [0.25, 0.3) is 11.4 Å². The number of aromatic nitrogens is 3. The van der Waals surface area contributed by atoms with Gasteiger partial charge in [-0.2, -0.15) is 5.10 Å². The zero-order valence-corrected chi connectivity index (χ0v) is 9.76. The second-order valence-electron chi connectivity index (χ2n) is 4.46. The lowest BCUT2D eigenvalue weighted by molar-refractivity contribution is -0.139. The lowest BCUT2D eigenvalue weighted by Crippen LogP contribution is -2.17. The van der Waals surface area contributed by atoms with Crippen LogP contribution in [0.15, 0.2) is 24.4 Å². The van der Waals surface area contributed by atoms with Gasteiger partial charge in [0, 0.05) is 17.5 Å². The summed E-state index contributed by atoms with van der Waals surface area (Å²) in [5, 5.41) is 16.5. The summed E-state index contributed by atoms with van der Waals surface area (Å²) in [6, 6.07) is 5.56. The minimum absolute atomic E-state index is 0.468. The van der Waals surface area contributed by atoms with Gasteiger partial charge in [-0.1, -0.05) is 6.07 Å². The molecule has 0 radical (unpaired) electrons. The SMILES string of the molecule is O=C(O)[C@H]1CCCc2[nH]nc(-c3ccccn3)c21. The summed E-state index contributed by atoms with van der Waals surface area (Å²) in [6.07, 6.45) is 4.10. The van der Waals surface area contributed by atoms with Crippen LogP contribution >= 0.6 is 0 Å². The van der Waals surface area contributed by atoms with Crippen molar-refractivity contribution in [2.45, 2.75) is 25.2 Å². The quantitative estimate of drug-likeness (QED) is 0.845. The van der Waals surface area contributed by atoms with Crippen molar-refractivity contribution in [1.82, 2.24) is 15.2 Å². The van der Waals surface area contributed by atoms with Crippen molar-refractivity contribution in [3.63, 3.8) is 0 Å².